The molecule has 0 saturated carbocycles. The molecule has 0 radical (unpaired) electrons. The summed E-state index contributed by atoms with van der Waals surface area (Å²) >= 11 is 0. The first-order valence-corrected chi connectivity index (χ1v) is 5.78. The second-order valence-electron chi connectivity index (χ2n) is 4.29. The van der Waals surface area contributed by atoms with Gasteiger partial charge >= 0.3 is 0 Å². The summed E-state index contributed by atoms with van der Waals surface area (Å²) < 4.78 is 0. The summed E-state index contributed by atoms with van der Waals surface area (Å²) in [6.45, 7) is 0.445. The van der Waals surface area contributed by atoms with Gasteiger partial charge in [-0.15, -0.1) is 0 Å². The third-order valence-corrected chi connectivity index (χ3v) is 3.08. The molecule has 2 aromatic heterocycles. The highest BCUT2D eigenvalue weighted by molar-refractivity contribution is 5.85. The number of aromatic nitrogens is 3. The molecule has 5 heteroatoms. The van der Waals surface area contributed by atoms with E-state index in [-0.39, 0.29) is 5.75 Å². The van der Waals surface area contributed by atoms with E-state index >= 15 is 0 Å². The van der Waals surface area contributed by atoms with Crippen LogP contribution in [0.5, 0.6) is 5.75 Å². The van der Waals surface area contributed by atoms with E-state index in [2.05, 4.69) is 15.2 Å². The first-order valence-electron chi connectivity index (χ1n) is 5.78. The summed E-state index contributed by atoms with van der Waals surface area (Å²) in [5.41, 5.74) is 9.44. The lowest BCUT2D eigenvalue weighted by Crippen LogP contribution is -2.01. The molecule has 5 N–H and O–H groups in total. The molecule has 0 saturated heterocycles. The van der Waals surface area contributed by atoms with Crippen LogP contribution in [0.15, 0.2) is 30.5 Å². The average Bonchev–Trinajstić information content (AvgIpc) is 2.96. The molecule has 1 aromatic carbocycles. The quantitative estimate of drug-likeness (QED) is 0.562. The molecule has 5 nitrogen and oxygen atoms in total. The van der Waals surface area contributed by atoms with Crippen LogP contribution in [0.4, 0.5) is 0 Å². The second-order valence-corrected chi connectivity index (χ2v) is 4.29. The van der Waals surface area contributed by atoms with Crippen molar-refractivity contribution in [2.45, 2.75) is 13.0 Å². The molecule has 0 aliphatic rings. The summed E-state index contributed by atoms with van der Waals surface area (Å²) in [6, 6.07) is 7.50. The van der Waals surface area contributed by atoms with E-state index in [0.29, 0.717) is 6.54 Å². The molecular weight excluding hydrogens is 228 g/mol. The average molecular weight is 242 g/mol. The Morgan fingerprint density at radius 2 is 2.22 bits per heavy atom. The van der Waals surface area contributed by atoms with E-state index in [1.165, 1.54) is 0 Å². The number of aromatic amines is 2. The molecule has 0 fully saturated rings. The highest BCUT2D eigenvalue weighted by atomic mass is 16.3. The van der Waals surface area contributed by atoms with Crippen molar-refractivity contribution in [2.75, 3.05) is 0 Å². The van der Waals surface area contributed by atoms with Crippen LogP contribution in [0.1, 0.15) is 17.0 Å². The van der Waals surface area contributed by atoms with E-state index in [1.807, 2.05) is 18.2 Å². The Morgan fingerprint density at radius 3 is 3.00 bits per heavy atom. The van der Waals surface area contributed by atoms with Crippen LogP contribution in [0.3, 0.4) is 0 Å². The molecule has 18 heavy (non-hydrogen) atoms. The maximum Gasteiger partial charge on any atom is 0.139 e. The normalized spacial score (nSPS) is 11.2. The van der Waals surface area contributed by atoms with Crippen LogP contribution in [0.25, 0.3) is 10.9 Å². The summed E-state index contributed by atoms with van der Waals surface area (Å²) in [6.07, 6.45) is 2.50. The van der Waals surface area contributed by atoms with Gasteiger partial charge < -0.3 is 15.8 Å². The smallest absolute Gasteiger partial charge is 0.139 e. The van der Waals surface area contributed by atoms with Crippen LogP contribution in [0.2, 0.25) is 0 Å². The van der Waals surface area contributed by atoms with Gasteiger partial charge in [-0.25, -0.2) is 0 Å². The molecule has 0 aliphatic carbocycles. The number of hydrogen-bond donors (Lipinski definition) is 4. The summed E-state index contributed by atoms with van der Waals surface area (Å²) in [5.74, 6) is 0.269. The van der Waals surface area contributed by atoms with Crippen LogP contribution < -0.4 is 5.73 Å². The van der Waals surface area contributed by atoms with Crippen LogP contribution in [-0.4, -0.2) is 20.3 Å². The maximum absolute atomic E-state index is 9.74. The van der Waals surface area contributed by atoms with Gasteiger partial charge in [0.05, 0.1) is 17.4 Å². The van der Waals surface area contributed by atoms with Gasteiger partial charge in [0.1, 0.15) is 5.75 Å². The van der Waals surface area contributed by atoms with Crippen molar-refractivity contribution in [1.29, 1.82) is 0 Å². The Bertz CT molecular complexity index is 683. The van der Waals surface area contributed by atoms with E-state index in [1.54, 1.807) is 12.3 Å². The van der Waals surface area contributed by atoms with Gasteiger partial charge in [0, 0.05) is 29.6 Å². The van der Waals surface area contributed by atoms with Crippen molar-refractivity contribution >= 4 is 10.9 Å². The number of nitrogens with one attached hydrogen (secondary N) is 2. The molecule has 0 amide bonds. The Hall–Kier alpha value is -2.27. The number of hydrogen-bond acceptors (Lipinski definition) is 3. The zero-order valence-corrected chi connectivity index (χ0v) is 9.77. The second kappa shape index (κ2) is 4.19. The topological polar surface area (TPSA) is 90.7 Å². The Morgan fingerprint density at radius 1 is 1.33 bits per heavy atom. The molecule has 0 bridgehead atoms. The zero-order valence-electron chi connectivity index (χ0n) is 9.77. The Kier molecular flexibility index (Phi) is 2.53. The number of aromatic hydroxyl groups is 1. The highest BCUT2D eigenvalue weighted by Gasteiger charge is 2.08. The minimum Gasteiger partial charge on any atom is -0.506 e. The number of benzene rings is 1. The lowest BCUT2D eigenvalue weighted by atomic mass is 10.1. The van der Waals surface area contributed by atoms with Crippen LogP contribution in [0, 0.1) is 0 Å². The fourth-order valence-corrected chi connectivity index (χ4v) is 2.17. The first kappa shape index (κ1) is 10.9. The number of nitrogens with two attached hydrogens (primary N) is 1. The molecule has 0 atom stereocenters. The molecule has 0 aliphatic heterocycles. The van der Waals surface area contributed by atoms with E-state index in [9.17, 15) is 5.11 Å². The molecule has 0 unspecified atom stereocenters. The number of nitrogens with zero attached hydrogens (tertiary/aromatic N) is 1. The van der Waals surface area contributed by atoms with Gasteiger partial charge in [0.15, 0.2) is 0 Å². The van der Waals surface area contributed by atoms with Gasteiger partial charge in [0.25, 0.3) is 0 Å². The fraction of sp³-hybridized carbons (Fsp3) is 0.154. The Labute approximate surface area is 104 Å². The van der Waals surface area contributed by atoms with Crippen LogP contribution in [-0.2, 0) is 13.0 Å². The van der Waals surface area contributed by atoms with Gasteiger partial charge in [-0.05, 0) is 12.1 Å². The predicted octanol–water partition coefficient (Wildman–Crippen LogP) is 1.65. The SMILES string of the molecule is NCc1[nH]ncc1Cc1cc2cccc(O)c2[nH]1. The van der Waals surface area contributed by atoms with Gasteiger partial charge in [-0.2, -0.15) is 5.10 Å². The van der Waals surface area contributed by atoms with Crippen molar-refractivity contribution in [3.63, 3.8) is 0 Å². The first-order chi connectivity index (χ1) is 8.78. The summed E-state index contributed by atoms with van der Waals surface area (Å²) in [4.78, 5) is 3.22. The zero-order chi connectivity index (χ0) is 12.5. The minimum absolute atomic E-state index is 0.269. The summed E-state index contributed by atoms with van der Waals surface area (Å²) in [7, 11) is 0. The number of H-pyrrole nitrogens is 2. The number of phenolic OH excluding ortho intramolecular Hbond substituents is 1. The molecular formula is C13H14N4O. The lowest BCUT2D eigenvalue weighted by Gasteiger charge is -1.98. The van der Waals surface area contributed by atoms with Crippen molar-refractivity contribution in [2.24, 2.45) is 5.73 Å². The molecule has 3 aromatic rings. The Balaban J connectivity index is 1.98. The van der Waals surface area contributed by atoms with Crippen molar-refractivity contribution in [3.8, 4) is 5.75 Å². The van der Waals surface area contributed by atoms with E-state index in [4.69, 9.17) is 5.73 Å². The van der Waals surface area contributed by atoms with Crippen molar-refractivity contribution in [3.05, 3.63) is 47.4 Å². The highest BCUT2D eigenvalue weighted by Crippen LogP contribution is 2.25. The third-order valence-electron chi connectivity index (χ3n) is 3.08. The van der Waals surface area contributed by atoms with E-state index < -0.39 is 0 Å². The number of para-hydroxylation sites is 1. The lowest BCUT2D eigenvalue weighted by molar-refractivity contribution is 0.480. The third kappa shape index (κ3) is 1.74. The van der Waals surface area contributed by atoms with Gasteiger partial charge in [-0.3, -0.25) is 5.10 Å². The molecule has 2 heterocycles. The van der Waals surface area contributed by atoms with Gasteiger partial charge in [-0.1, -0.05) is 12.1 Å². The fourth-order valence-electron chi connectivity index (χ4n) is 2.17. The molecule has 3 rings (SSSR count). The van der Waals surface area contributed by atoms with Crippen molar-refractivity contribution in [1.82, 2.24) is 15.2 Å². The number of rotatable bonds is 3. The standard InChI is InChI=1S/C13H14N4O/c14-6-11-9(7-15-17-11)5-10-4-8-2-1-3-12(18)13(8)16-10/h1-4,7,16,18H,5-6,14H2,(H,15,17). The monoisotopic (exact) mass is 242 g/mol. The van der Waals surface area contributed by atoms with E-state index in [0.717, 1.165) is 34.3 Å². The van der Waals surface area contributed by atoms with Crippen molar-refractivity contribution < 1.29 is 5.11 Å². The largest absolute Gasteiger partial charge is 0.506 e. The van der Waals surface area contributed by atoms with Gasteiger partial charge in [0.2, 0.25) is 0 Å². The molecule has 92 valence electrons. The minimum atomic E-state index is 0.269. The number of fused-ring (bicyclic) bond motifs is 1. The maximum atomic E-state index is 9.74. The predicted molar refractivity (Wildman–Crippen MR) is 69.2 cm³/mol. The molecule has 0 spiro atoms. The summed E-state index contributed by atoms with van der Waals surface area (Å²) in [5, 5.41) is 17.6. The number of phenols is 1. The van der Waals surface area contributed by atoms with Crippen LogP contribution >= 0.6 is 0 Å².